The molecule has 0 radical (unpaired) electrons. The third-order valence-corrected chi connectivity index (χ3v) is 7.83. The maximum Gasteiger partial charge on any atom is 0.274 e. The number of aromatic nitrogens is 4. The van der Waals surface area contributed by atoms with E-state index in [1.54, 1.807) is 18.2 Å². The first-order chi connectivity index (χ1) is 18.9. The number of nitrogens with zero attached hydrogens (tertiary/aromatic N) is 3. The molecule has 9 heteroatoms. The summed E-state index contributed by atoms with van der Waals surface area (Å²) in [4.78, 5) is 35.0. The summed E-state index contributed by atoms with van der Waals surface area (Å²) in [7, 11) is 0. The lowest BCUT2D eigenvalue weighted by Crippen LogP contribution is -2.17. The van der Waals surface area contributed by atoms with Crippen LogP contribution in [0.3, 0.4) is 0 Å². The van der Waals surface area contributed by atoms with Crippen LogP contribution in [0, 0.1) is 0 Å². The molecule has 2 aromatic heterocycles. The van der Waals surface area contributed by atoms with E-state index in [4.69, 9.17) is 27.9 Å². The summed E-state index contributed by atoms with van der Waals surface area (Å²) in [5.41, 5.74) is 2.27. The summed E-state index contributed by atoms with van der Waals surface area (Å²) in [6, 6.07) is 23.8. The Labute approximate surface area is 234 Å². The molecule has 1 N–H and O–H groups in total. The van der Waals surface area contributed by atoms with E-state index in [9.17, 15) is 9.59 Å². The van der Waals surface area contributed by atoms with Crippen LogP contribution in [0.25, 0.3) is 17.2 Å². The van der Waals surface area contributed by atoms with Crippen LogP contribution in [0.4, 0.5) is 0 Å². The second-order valence-corrected chi connectivity index (χ2v) is 10.6. The van der Waals surface area contributed by atoms with Crippen LogP contribution in [0.15, 0.2) is 83.7 Å². The molecule has 196 valence electrons. The number of aromatic amines is 1. The number of fused-ring (bicyclic) bond motifs is 1. The number of halogens is 2. The average Bonchev–Trinajstić information content (AvgIpc) is 3.60. The topological polar surface area (TPSA) is 89.4 Å². The van der Waals surface area contributed by atoms with Gasteiger partial charge in [0, 0.05) is 23.1 Å². The third kappa shape index (κ3) is 5.07. The van der Waals surface area contributed by atoms with E-state index in [1.807, 2.05) is 54.6 Å². The van der Waals surface area contributed by atoms with Gasteiger partial charge in [-0.3, -0.25) is 14.7 Å². The number of ketones is 1. The number of nitrogens with one attached hydrogen (secondary N) is 1. The van der Waals surface area contributed by atoms with Gasteiger partial charge in [-0.2, -0.15) is 9.50 Å². The van der Waals surface area contributed by atoms with Gasteiger partial charge in [-0.15, -0.1) is 0 Å². The highest BCUT2D eigenvalue weighted by atomic mass is 35.5. The molecule has 0 bridgehead atoms. The van der Waals surface area contributed by atoms with E-state index in [0.717, 1.165) is 29.0 Å². The Hall–Kier alpha value is -3.94. The smallest absolute Gasteiger partial charge is 0.274 e. The second-order valence-electron chi connectivity index (χ2n) is 9.74. The van der Waals surface area contributed by atoms with Crippen molar-refractivity contribution in [2.45, 2.75) is 37.7 Å². The number of Topliss-reactive ketones (excluding diaryl/α,β-unsaturated/α-hetero) is 1. The van der Waals surface area contributed by atoms with E-state index in [1.165, 1.54) is 10.6 Å². The van der Waals surface area contributed by atoms with Crippen molar-refractivity contribution < 1.29 is 9.53 Å². The van der Waals surface area contributed by atoms with Crippen LogP contribution < -0.4 is 10.3 Å². The number of rotatable bonds is 9. The van der Waals surface area contributed by atoms with Crippen molar-refractivity contribution in [1.82, 2.24) is 19.6 Å². The second kappa shape index (κ2) is 10.3. The third-order valence-electron chi connectivity index (χ3n) is 7.19. The van der Waals surface area contributed by atoms with Gasteiger partial charge in [0.2, 0.25) is 0 Å². The summed E-state index contributed by atoms with van der Waals surface area (Å²) in [5.74, 6) is 1.02. The first-order valence-electron chi connectivity index (χ1n) is 12.7. The van der Waals surface area contributed by atoms with E-state index < -0.39 is 0 Å². The Morgan fingerprint density at radius 2 is 1.69 bits per heavy atom. The Bertz CT molecular complexity index is 1740. The van der Waals surface area contributed by atoms with Crippen molar-refractivity contribution in [1.29, 1.82) is 0 Å². The lowest BCUT2D eigenvalue weighted by molar-refractivity contribution is 0.0971. The minimum atomic E-state index is -0.315. The van der Waals surface area contributed by atoms with Crippen LogP contribution in [0.1, 0.15) is 47.3 Å². The predicted molar refractivity (Wildman–Crippen MR) is 151 cm³/mol. The summed E-state index contributed by atoms with van der Waals surface area (Å²) >= 11 is 12.9. The highest BCUT2D eigenvalue weighted by Crippen LogP contribution is 2.54. The van der Waals surface area contributed by atoms with E-state index >= 15 is 0 Å². The van der Waals surface area contributed by atoms with Crippen molar-refractivity contribution in [3.8, 4) is 17.1 Å². The average molecular weight is 559 g/mol. The molecule has 1 fully saturated rings. The highest BCUT2D eigenvalue weighted by Gasteiger charge is 2.45. The molecular formula is C30H24Cl2N4O3. The number of hydrogen-bond donors (Lipinski definition) is 1. The number of benzene rings is 3. The van der Waals surface area contributed by atoms with Gasteiger partial charge in [-0.05, 0) is 48.4 Å². The molecule has 7 nitrogen and oxygen atoms in total. The molecule has 0 spiro atoms. The van der Waals surface area contributed by atoms with Crippen molar-refractivity contribution in [2.24, 2.45) is 0 Å². The first kappa shape index (κ1) is 25.3. The number of carbonyl (C=O) groups excluding carboxylic acids is 1. The van der Waals surface area contributed by atoms with Gasteiger partial charge < -0.3 is 4.74 Å². The van der Waals surface area contributed by atoms with Gasteiger partial charge >= 0.3 is 0 Å². The number of ether oxygens (including phenoxy) is 1. The van der Waals surface area contributed by atoms with Crippen molar-refractivity contribution >= 4 is 34.8 Å². The molecule has 3 aromatic carbocycles. The van der Waals surface area contributed by atoms with E-state index in [0.29, 0.717) is 40.7 Å². The van der Waals surface area contributed by atoms with Crippen molar-refractivity contribution in [2.75, 3.05) is 0 Å². The number of H-pyrrole nitrogens is 1. The first-order valence-corrected chi connectivity index (χ1v) is 13.4. The van der Waals surface area contributed by atoms with Crippen molar-refractivity contribution in [3.63, 3.8) is 0 Å². The van der Waals surface area contributed by atoms with Gasteiger partial charge in [-0.25, -0.2) is 4.98 Å². The van der Waals surface area contributed by atoms with Crippen LogP contribution in [-0.2, 0) is 12.0 Å². The van der Waals surface area contributed by atoms with Gasteiger partial charge in [0.05, 0.1) is 16.3 Å². The SMILES string of the molecule is O=C(CCC1(c2ccccc2Cl)CC1)c1c(Cl)cccc1OCc1cc(=O)n2[nH]c(-c3ccccc3)nc2n1. The lowest BCUT2D eigenvalue weighted by Gasteiger charge is -2.18. The highest BCUT2D eigenvalue weighted by molar-refractivity contribution is 6.34. The van der Waals surface area contributed by atoms with E-state index in [-0.39, 0.29) is 29.1 Å². The summed E-state index contributed by atoms with van der Waals surface area (Å²) in [5, 5.41) is 4.03. The molecule has 6 rings (SSSR count). The lowest BCUT2D eigenvalue weighted by atomic mass is 9.89. The zero-order valence-corrected chi connectivity index (χ0v) is 22.4. The van der Waals surface area contributed by atoms with Crippen LogP contribution >= 0.6 is 23.2 Å². The van der Waals surface area contributed by atoms with Gasteiger partial charge in [-0.1, -0.05) is 77.8 Å². The molecule has 0 amide bonds. The Kier molecular flexibility index (Phi) is 6.71. The molecule has 39 heavy (non-hydrogen) atoms. The van der Waals surface area contributed by atoms with Gasteiger partial charge in [0.25, 0.3) is 11.3 Å². The maximum absolute atomic E-state index is 13.4. The molecule has 2 heterocycles. The predicted octanol–water partition coefficient (Wildman–Crippen LogP) is 6.67. The summed E-state index contributed by atoms with van der Waals surface area (Å²) < 4.78 is 7.28. The van der Waals surface area contributed by atoms with Gasteiger partial charge in [0.1, 0.15) is 12.4 Å². The fourth-order valence-electron chi connectivity index (χ4n) is 4.95. The molecule has 0 aliphatic heterocycles. The minimum Gasteiger partial charge on any atom is -0.486 e. The fraction of sp³-hybridized carbons (Fsp3) is 0.200. The number of carbonyl (C=O) groups is 1. The molecule has 1 aliphatic carbocycles. The van der Waals surface area contributed by atoms with Crippen LogP contribution in [-0.4, -0.2) is 25.4 Å². The zero-order chi connectivity index (χ0) is 27.0. The van der Waals surface area contributed by atoms with Crippen LogP contribution in [0.2, 0.25) is 10.0 Å². The molecular weight excluding hydrogens is 535 g/mol. The zero-order valence-electron chi connectivity index (χ0n) is 20.9. The largest absolute Gasteiger partial charge is 0.486 e. The standard InChI is InChI=1S/C30H24Cl2N4O3/c31-22-10-5-4-9-21(22)30(15-16-30)14-13-24(37)27-23(32)11-6-12-25(27)39-18-20-17-26(38)36-29(33-20)34-28(35-36)19-7-2-1-3-8-19/h1-12,17H,13-16,18H2,(H,33,34,35). The molecule has 1 aliphatic rings. The fourth-order valence-corrected chi connectivity index (χ4v) is 5.55. The monoisotopic (exact) mass is 558 g/mol. The Morgan fingerprint density at radius 1 is 0.949 bits per heavy atom. The Balaban J connectivity index is 1.20. The molecule has 0 saturated heterocycles. The minimum absolute atomic E-state index is 0.0244. The van der Waals surface area contributed by atoms with E-state index in [2.05, 4.69) is 15.1 Å². The quantitative estimate of drug-likeness (QED) is 0.204. The normalized spacial score (nSPS) is 13.9. The molecule has 0 atom stereocenters. The van der Waals surface area contributed by atoms with Crippen LogP contribution in [0.5, 0.6) is 5.75 Å². The number of hydrogen-bond acceptors (Lipinski definition) is 5. The molecule has 0 unspecified atom stereocenters. The Morgan fingerprint density at radius 3 is 2.46 bits per heavy atom. The molecule has 5 aromatic rings. The van der Waals surface area contributed by atoms with Gasteiger partial charge in [0.15, 0.2) is 11.6 Å². The maximum atomic E-state index is 13.4. The molecule has 1 saturated carbocycles. The summed E-state index contributed by atoms with van der Waals surface area (Å²) in [6.45, 7) is -0.0244. The summed E-state index contributed by atoms with van der Waals surface area (Å²) in [6.07, 6.45) is 2.99. The van der Waals surface area contributed by atoms with Crippen molar-refractivity contribution in [3.05, 3.63) is 116 Å².